The Morgan fingerprint density at radius 1 is 1.71 bits per heavy atom. The molecule has 0 aliphatic heterocycles. The fraction of sp³-hybridized carbons (Fsp3) is 0.556. The molecular weight excluding hydrogens is 182 g/mol. The van der Waals surface area contributed by atoms with E-state index in [0.29, 0.717) is 0 Å². The van der Waals surface area contributed by atoms with Crippen molar-refractivity contribution in [3.63, 3.8) is 0 Å². The minimum absolute atomic E-state index is 0.0898. The number of carbonyl (C=O) groups is 1. The number of hydrogen-bond acceptors (Lipinski definition) is 3. The highest BCUT2D eigenvalue weighted by Gasteiger charge is 2.20. The Hall–Kier alpha value is -1.36. The highest BCUT2D eigenvalue weighted by molar-refractivity contribution is 5.67. The summed E-state index contributed by atoms with van der Waals surface area (Å²) in [5, 5.41) is 8.77. The summed E-state index contributed by atoms with van der Waals surface area (Å²) in [6.45, 7) is 0. The topological polar surface area (TPSA) is 58.4 Å². The third kappa shape index (κ3) is 2.32. The van der Waals surface area contributed by atoms with E-state index in [1.165, 1.54) is 0 Å². The molecule has 0 spiro atoms. The number of aryl methyl sites for hydroxylation is 1. The second-order valence-corrected chi connectivity index (χ2v) is 3.51. The summed E-state index contributed by atoms with van der Waals surface area (Å²) >= 11 is 0. The molecule has 78 valence electrons. The molecule has 0 aromatic carbocycles. The fourth-order valence-electron chi connectivity index (χ4n) is 1.41. The largest absolute Gasteiger partial charge is 0.481 e. The normalized spacial score (nSPS) is 13.1. The van der Waals surface area contributed by atoms with Crippen molar-refractivity contribution in [3.05, 3.63) is 18.2 Å². The third-order valence-corrected chi connectivity index (χ3v) is 2.19. The van der Waals surface area contributed by atoms with Gasteiger partial charge >= 0.3 is 5.97 Å². The molecule has 1 aromatic rings. The van der Waals surface area contributed by atoms with Crippen molar-refractivity contribution in [2.45, 2.75) is 12.5 Å². The first-order valence-electron chi connectivity index (χ1n) is 4.36. The summed E-state index contributed by atoms with van der Waals surface area (Å²) in [7, 11) is 5.59. The van der Waals surface area contributed by atoms with Crippen LogP contribution in [0.1, 0.15) is 18.2 Å². The van der Waals surface area contributed by atoms with Gasteiger partial charge in [-0.05, 0) is 14.1 Å². The molecule has 0 amide bonds. The van der Waals surface area contributed by atoms with Crippen molar-refractivity contribution in [3.8, 4) is 0 Å². The molecule has 1 rings (SSSR count). The molecule has 0 bridgehead atoms. The van der Waals surface area contributed by atoms with Gasteiger partial charge in [-0.1, -0.05) is 0 Å². The van der Waals surface area contributed by atoms with Crippen LogP contribution in [0, 0.1) is 0 Å². The number of nitrogens with zero attached hydrogens (tertiary/aromatic N) is 3. The first-order valence-corrected chi connectivity index (χ1v) is 4.36. The first kappa shape index (κ1) is 10.7. The van der Waals surface area contributed by atoms with Gasteiger partial charge in [-0.15, -0.1) is 0 Å². The molecule has 1 heterocycles. The van der Waals surface area contributed by atoms with Gasteiger partial charge in [0.05, 0.1) is 24.5 Å². The molecule has 0 fully saturated rings. The van der Waals surface area contributed by atoms with Crippen molar-refractivity contribution in [2.24, 2.45) is 7.05 Å². The molecule has 5 nitrogen and oxygen atoms in total. The maximum atomic E-state index is 10.7. The zero-order chi connectivity index (χ0) is 10.7. The third-order valence-electron chi connectivity index (χ3n) is 2.19. The van der Waals surface area contributed by atoms with E-state index in [4.69, 9.17) is 5.11 Å². The number of rotatable bonds is 4. The minimum atomic E-state index is -0.801. The summed E-state index contributed by atoms with van der Waals surface area (Å²) in [5.41, 5.74) is 0.914. The van der Waals surface area contributed by atoms with E-state index < -0.39 is 5.97 Å². The second-order valence-electron chi connectivity index (χ2n) is 3.51. The molecule has 1 unspecified atom stereocenters. The van der Waals surface area contributed by atoms with Gasteiger partial charge in [-0.2, -0.15) is 0 Å². The Labute approximate surface area is 83.0 Å². The van der Waals surface area contributed by atoms with Gasteiger partial charge in [0.25, 0.3) is 0 Å². The molecule has 0 radical (unpaired) electrons. The van der Waals surface area contributed by atoms with Crippen LogP contribution >= 0.6 is 0 Å². The van der Waals surface area contributed by atoms with Gasteiger partial charge in [0.2, 0.25) is 0 Å². The van der Waals surface area contributed by atoms with Crippen LogP contribution < -0.4 is 0 Å². The average Bonchev–Trinajstić information content (AvgIpc) is 2.46. The van der Waals surface area contributed by atoms with Crippen molar-refractivity contribution in [1.29, 1.82) is 0 Å². The van der Waals surface area contributed by atoms with Gasteiger partial charge < -0.3 is 14.6 Å². The van der Waals surface area contributed by atoms with Crippen LogP contribution in [0.15, 0.2) is 12.5 Å². The van der Waals surface area contributed by atoms with Crippen LogP contribution in [0.4, 0.5) is 0 Å². The molecule has 1 N–H and O–H groups in total. The SMILES string of the molecule is CN(C)C(CC(=O)O)c1cncn1C. The predicted octanol–water partition coefficient (Wildman–Crippen LogP) is 0.497. The quantitative estimate of drug-likeness (QED) is 0.763. The van der Waals surface area contributed by atoms with Crippen molar-refractivity contribution >= 4 is 5.97 Å². The standard InChI is InChI=1S/C9H15N3O2/c1-11(2)7(4-9(13)14)8-5-10-6-12(8)3/h5-7H,4H2,1-3H3,(H,13,14). The van der Waals surface area contributed by atoms with E-state index in [1.54, 1.807) is 12.5 Å². The van der Waals surface area contributed by atoms with Crippen LogP contribution in [-0.2, 0) is 11.8 Å². The lowest BCUT2D eigenvalue weighted by Gasteiger charge is -2.22. The van der Waals surface area contributed by atoms with E-state index in [2.05, 4.69) is 4.98 Å². The molecule has 1 aromatic heterocycles. The lowest BCUT2D eigenvalue weighted by atomic mass is 10.1. The number of carboxylic acids is 1. The highest BCUT2D eigenvalue weighted by Crippen LogP contribution is 2.20. The van der Waals surface area contributed by atoms with Crippen LogP contribution in [0.3, 0.4) is 0 Å². The number of carboxylic acid groups (broad SMARTS) is 1. The van der Waals surface area contributed by atoms with Gasteiger partial charge in [-0.25, -0.2) is 4.98 Å². The van der Waals surface area contributed by atoms with E-state index >= 15 is 0 Å². The average molecular weight is 197 g/mol. The van der Waals surface area contributed by atoms with E-state index in [-0.39, 0.29) is 12.5 Å². The van der Waals surface area contributed by atoms with Gasteiger partial charge in [0.1, 0.15) is 0 Å². The number of aliphatic carboxylic acids is 1. The van der Waals surface area contributed by atoms with Crippen LogP contribution in [0.5, 0.6) is 0 Å². The van der Waals surface area contributed by atoms with Crippen molar-refractivity contribution in [1.82, 2.24) is 14.5 Å². The van der Waals surface area contributed by atoms with Gasteiger partial charge in [0, 0.05) is 13.2 Å². The zero-order valence-electron chi connectivity index (χ0n) is 8.64. The van der Waals surface area contributed by atoms with Gasteiger partial charge in [-0.3, -0.25) is 4.79 Å². The Bertz CT molecular complexity index is 320. The molecular formula is C9H15N3O2. The Balaban J connectivity index is 2.88. The second kappa shape index (κ2) is 4.23. The van der Waals surface area contributed by atoms with E-state index in [9.17, 15) is 4.79 Å². The summed E-state index contributed by atoms with van der Waals surface area (Å²) < 4.78 is 1.84. The first-order chi connectivity index (χ1) is 6.52. The molecule has 0 saturated carbocycles. The fourth-order valence-corrected chi connectivity index (χ4v) is 1.41. The zero-order valence-corrected chi connectivity index (χ0v) is 8.64. The van der Waals surface area contributed by atoms with Crippen LogP contribution in [-0.4, -0.2) is 39.6 Å². The summed E-state index contributed by atoms with van der Waals surface area (Å²) in [6.07, 6.45) is 3.47. The molecule has 0 aliphatic rings. The minimum Gasteiger partial charge on any atom is -0.481 e. The van der Waals surface area contributed by atoms with Crippen LogP contribution in [0.2, 0.25) is 0 Å². The summed E-state index contributed by atoms with van der Waals surface area (Å²) in [5.74, 6) is -0.801. The maximum Gasteiger partial charge on any atom is 0.305 e. The van der Waals surface area contributed by atoms with Crippen LogP contribution in [0.25, 0.3) is 0 Å². The number of imidazole rings is 1. The predicted molar refractivity (Wildman–Crippen MR) is 51.9 cm³/mol. The highest BCUT2D eigenvalue weighted by atomic mass is 16.4. The Morgan fingerprint density at radius 2 is 2.36 bits per heavy atom. The van der Waals surface area contributed by atoms with Crippen molar-refractivity contribution < 1.29 is 9.90 Å². The molecule has 5 heteroatoms. The number of hydrogen-bond donors (Lipinski definition) is 1. The smallest absolute Gasteiger partial charge is 0.305 e. The summed E-state index contributed by atoms with van der Waals surface area (Å²) in [6, 6.07) is -0.125. The Kier molecular flexibility index (Phi) is 3.24. The van der Waals surface area contributed by atoms with E-state index in [1.807, 2.05) is 30.6 Å². The van der Waals surface area contributed by atoms with Crippen molar-refractivity contribution in [2.75, 3.05) is 14.1 Å². The molecule has 0 aliphatic carbocycles. The molecule has 1 atom stereocenters. The number of aromatic nitrogens is 2. The summed E-state index contributed by atoms with van der Waals surface area (Å²) in [4.78, 5) is 16.5. The lowest BCUT2D eigenvalue weighted by molar-refractivity contribution is -0.138. The molecule has 14 heavy (non-hydrogen) atoms. The lowest BCUT2D eigenvalue weighted by Crippen LogP contribution is -2.24. The monoisotopic (exact) mass is 197 g/mol. The van der Waals surface area contributed by atoms with E-state index in [0.717, 1.165) is 5.69 Å². The maximum absolute atomic E-state index is 10.7. The van der Waals surface area contributed by atoms with Gasteiger partial charge in [0.15, 0.2) is 0 Å². The molecule has 0 saturated heterocycles. The Morgan fingerprint density at radius 3 is 2.71 bits per heavy atom.